The Bertz CT molecular complexity index is 790. The summed E-state index contributed by atoms with van der Waals surface area (Å²) in [5.41, 5.74) is 1.60. The summed E-state index contributed by atoms with van der Waals surface area (Å²) in [6, 6.07) is 15.2. The SMILES string of the molecule is C[C@H](N[C@H](C)c1ccccc1)C(=O)Nc1ccc(S(N)(=O)=O)cc1. The topological polar surface area (TPSA) is 101 Å². The number of anilines is 1. The summed E-state index contributed by atoms with van der Waals surface area (Å²) in [6.07, 6.45) is 0. The van der Waals surface area contributed by atoms with Crippen molar-refractivity contribution in [2.75, 3.05) is 5.32 Å². The first kappa shape index (κ1) is 18.1. The van der Waals surface area contributed by atoms with Crippen LogP contribution >= 0.6 is 0 Å². The van der Waals surface area contributed by atoms with Crippen molar-refractivity contribution in [3.05, 3.63) is 60.2 Å². The minimum atomic E-state index is -3.74. The van der Waals surface area contributed by atoms with Crippen molar-refractivity contribution in [2.24, 2.45) is 5.14 Å². The molecule has 0 aliphatic heterocycles. The van der Waals surface area contributed by atoms with Gasteiger partial charge in [0.2, 0.25) is 15.9 Å². The smallest absolute Gasteiger partial charge is 0.241 e. The van der Waals surface area contributed by atoms with Gasteiger partial charge in [-0.25, -0.2) is 13.6 Å². The molecule has 4 N–H and O–H groups in total. The number of benzene rings is 2. The van der Waals surface area contributed by atoms with E-state index in [0.717, 1.165) is 5.56 Å². The van der Waals surface area contributed by atoms with Crippen LogP contribution in [0.1, 0.15) is 25.5 Å². The maximum atomic E-state index is 12.2. The molecule has 0 fully saturated rings. The minimum absolute atomic E-state index is 0.00405. The molecule has 128 valence electrons. The Morgan fingerprint density at radius 1 is 1.00 bits per heavy atom. The maximum Gasteiger partial charge on any atom is 0.241 e. The van der Waals surface area contributed by atoms with Crippen molar-refractivity contribution in [3.63, 3.8) is 0 Å². The molecule has 0 saturated heterocycles. The van der Waals surface area contributed by atoms with Gasteiger partial charge < -0.3 is 5.32 Å². The molecule has 0 radical (unpaired) electrons. The molecule has 7 heteroatoms. The first-order chi connectivity index (χ1) is 11.3. The normalized spacial score (nSPS) is 14.0. The first-order valence-corrected chi connectivity index (χ1v) is 9.07. The number of nitrogens with one attached hydrogen (secondary N) is 2. The van der Waals surface area contributed by atoms with Crippen LogP contribution in [0.4, 0.5) is 5.69 Å². The number of carbonyl (C=O) groups excluding carboxylic acids is 1. The fraction of sp³-hybridized carbons (Fsp3) is 0.235. The zero-order chi connectivity index (χ0) is 17.7. The highest BCUT2D eigenvalue weighted by Crippen LogP contribution is 2.15. The lowest BCUT2D eigenvalue weighted by atomic mass is 10.1. The van der Waals surface area contributed by atoms with Crippen LogP contribution in [-0.4, -0.2) is 20.4 Å². The highest BCUT2D eigenvalue weighted by molar-refractivity contribution is 7.89. The second kappa shape index (κ2) is 7.57. The fourth-order valence-corrected chi connectivity index (χ4v) is 2.78. The van der Waals surface area contributed by atoms with E-state index in [1.165, 1.54) is 24.3 Å². The quantitative estimate of drug-likeness (QED) is 0.744. The van der Waals surface area contributed by atoms with Gasteiger partial charge in [-0.1, -0.05) is 30.3 Å². The molecule has 0 heterocycles. The number of sulfonamides is 1. The van der Waals surface area contributed by atoms with Gasteiger partial charge >= 0.3 is 0 Å². The van der Waals surface area contributed by atoms with Gasteiger partial charge in [0.15, 0.2) is 0 Å². The average molecular weight is 347 g/mol. The second-order valence-corrected chi connectivity index (χ2v) is 7.14. The Balaban J connectivity index is 1.96. The maximum absolute atomic E-state index is 12.2. The number of nitrogens with two attached hydrogens (primary N) is 1. The van der Waals surface area contributed by atoms with E-state index in [0.29, 0.717) is 5.69 Å². The Hall–Kier alpha value is -2.22. The van der Waals surface area contributed by atoms with E-state index < -0.39 is 16.1 Å². The zero-order valence-electron chi connectivity index (χ0n) is 13.6. The molecule has 1 amide bonds. The number of primary sulfonamides is 1. The van der Waals surface area contributed by atoms with E-state index >= 15 is 0 Å². The molecule has 0 aromatic heterocycles. The molecule has 24 heavy (non-hydrogen) atoms. The number of amides is 1. The van der Waals surface area contributed by atoms with Gasteiger partial charge in [0.25, 0.3) is 0 Å². The average Bonchev–Trinajstić information content (AvgIpc) is 2.55. The third-order valence-corrected chi connectivity index (χ3v) is 4.57. The Morgan fingerprint density at radius 3 is 2.12 bits per heavy atom. The van der Waals surface area contributed by atoms with Gasteiger partial charge in [-0.2, -0.15) is 0 Å². The predicted octanol–water partition coefficient (Wildman–Crippen LogP) is 2.01. The molecular formula is C17H21N3O3S. The zero-order valence-corrected chi connectivity index (χ0v) is 14.4. The van der Waals surface area contributed by atoms with Crippen LogP contribution in [0.15, 0.2) is 59.5 Å². The molecule has 0 aliphatic rings. The molecule has 0 unspecified atom stereocenters. The minimum Gasteiger partial charge on any atom is -0.325 e. The van der Waals surface area contributed by atoms with Crippen molar-refractivity contribution >= 4 is 21.6 Å². The molecule has 0 saturated carbocycles. The lowest BCUT2D eigenvalue weighted by Crippen LogP contribution is -2.39. The van der Waals surface area contributed by atoms with Crippen molar-refractivity contribution < 1.29 is 13.2 Å². The molecule has 0 spiro atoms. The molecule has 2 atom stereocenters. The third-order valence-electron chi connectivity index (χ3n) is 3.64. The molecule has 6 nitrogen and oxygen atoms in total. The Kier molecular flexibility index (Phi) is 5.71. The Morgan fingerprint density at radius 2 is 1.58 bits per heavy atom. The van der Waals surface area contributed by atoms with Crippen molar-refractivity contribution in [3.8, 4) is 0 Å². The van der Waals surface area contributed by atoms with Crippen molar-refractivity contribution in [1.82, 2.24) is 5.32 Å². The van der Waals surface area contributed by atoms with E-state index in [1.807, 2.05) is 37.3 Å². The predicted molar refractivity (Wildman–Crippen MR) is 93.9 cm³/mol. The number of rotatable bonds is 6. The number of hydrogen-bond acceptors (Lipinski definition) is 4. The summed E-state index contributed by atoms with van der Waals surface area (Å²) in [4.78, 5) is 12.2. The lowest BCUT2D eigenvalue weighted by molar-refractivity contribution is -0.117. The van der Waals surface area contributed by atoms with E-state index in [4.69, 9.17) is 5.14 Å². The number of carbonyl (C=O) groups is 1. The lowest BCUT2D eigenvalue weighted by Gasteiger charge is -2.20. The van der Waals surface area contributed by atoms with Crippen LogP contribution in [0.3, 0.4) is 0 Å². The fourth-order valence-electron chi connectivity index (χ4n) is 2.27. The number of hydrogen-bond donors (Lipinski definition) is 3. The molecule has 2 aromatic rings. The van der Waals surface area contributed by atoms with Crippen molar-refractivity contribution in [2.45, 2.75) is 30.8 Å². The van der Waals surface area contributed by atoms with Crippen LogP contribution < -0.4 is 15.8 Å². The Labute approximate surface area is 142 Å². The van der Waals surface area contributed by atoms with Gasteiger partial charge in [-0.3, -0.25) is 10.1 Å². The summed E-state index contributed by atoms with van der Waals surface area (Å²) < 4.78 is 22.4. The highest BCUT2D eigenvalue weighted by Gasteiger charge is 2.16. The third kappa shape index (κ3) is 4.89. The molecule has 0 aliphatic carbocycles. The van der Waals surface area contributed by atoms with Crippen LogP contribution in [0.25, 0.3) is 0 Å². The van der Waals surface area contributed by atoms with Crippen molar-refractivity contribution in [1.29, 1.82) is 0 Å². The van der Waals surface area contributed by atoms with Gasteiger partial charge in [0.05, 0.1) is 10.9 Å². The van der Waals surface area contributed by atoms with E-state index in [-0.39, 0.29) is 16.8 Å². The first-order valence-electron chi connectivity index (χ1n) is 7.52. The monoisotopic (exact) mass is 347 g/mol. The van der Waals surface area contributed by atoms with E-state index in [2.05, 4.69) is 10.6 Å². The van der Waals surface area contributed by atoms with Gasteiger partial charge in [-0.15, -0.1) is 0 Å². The summed E-state index contributed by atoms with van der Waals surface area (Å²) in [5, 5.41) is 11.0. The second-order valence-electron chi connectivity index (χ2n) is 5.58. The van der Waals surface area contributed by atoms with E-state index in [1.54, 1.807) is 6.92 Å². The molecule has 2 rings (SSSR count). The molecule has 2 aromatic carbocycles. The molecular weight excluding hydrogens is 326 g/mol. The summed E-state index contributed by atoms with van der Waals surface area (Å²) in [6.45, 7) is 3.76. The molecule has 0 bridgehead atoms. The summed E-state index contributed by atoms with van der Waals surface area (Å²) >= 11 is 0. The van der Waals surface area contributed by atoms with Gasteiger partial charge in [0.1, 0.15) is 0 Å². The van der Waals surface area contributed by atoms with Crippen LogP contribution in [0, 0.1) is 0 Å². The van der Waals surface area contributed by atoms with E-state index in [9.17, 15) is 13.2 Å². The van der Waals surface area contributed by atoms with Gasteiger partial charge in [0, 0.05) is 11.7 Å². The highest BCUT2D eigenvalue weighted by atomic mass is 32.2. The van der Waals surface area contributed by atoms with Crippen LogP contribution in [0.2, 0.25) is 0 Å². The van der Waals surface area contributed by atoms with Crippen LogP contribution in [-0.2, 0) is 14.8 Å². The summed E-state index contributed by atoms with van der Waals surface area (Å²) in [7, 11) is -3.74. The summed E-state index contributed by atoms with van der Waals surface area (Å²) in [5.74, 6) is -0.207. The van der Waals surface area contributed by atoms with Crippen LogP contribution in [0.5, 0.6) is 0 Å². The standard InChI is InChI=1S/C17H21N3O3S/c1-12(14-6-4-3-5-7-14)19-13(2)17(21)20-15-8-10-16(11-9-15)24(18,22)23/h3-13,19H,1-2H3,(H,20,21)(H2,18,22,23)/t12-,13+/m1/s1. The largest absolute Gasteiger partial charge is 0.325 e. The van der Waals surface area contributed by atoms with Gasteiger partial charge in [-0.05, 0) is 43.7 Å².